The Hall–Kier alpha value is -7.10. The van der Waals surface area contributed by atoms with Gasteiger partial charge in [-0.05, 0) is 121 Å². The number of para-hydroxylation sites is 2. The van der Waals surface area contributed by atoms with Crippen LogP contribution in [-0.2, 0) is 5.41 Å². The minimum absolute atomic E-state index is 0.0627. The molecule has 9 aromatic rings. The predicted octanol–water partition coefficient (Wildman–Crippen LogP) is 12.2. The lowest BCUT2D eigenvalue weighted by Crippen LogP contribution is -2.62. The molecule has 0 fully saturated rings. The number of nitrogens with zero attached hydrogens (tertiary/aromatic N) is 2. The SMILES string of the molecule is Cc1cc2c3c(c1)N1c4ccccc4C4(c5ccccc5-c5ccccc54)c4cccc(c41)B3N(c1ccc(-c3ccccc3)cc1)c1cc3ccccc3cc1-2. The predicted molar refractivity (Wildman–Crippen MR) is 239 cm³/mol. The Morgan fingerprint density at radius 1 is 0.421 bits per heavy atom. The van der Waals surface area contributed by atoms with E-state index in [9.17, 15) is 0 Å². The first kappa shape index (κ1) is 31.1. The summed E-state index contributed by atoms with van der Waals surface area (Å²) in [4.78, 5) is 5.27. The minimum Gasteiger partial charge on any atom is -0.376 e. The van der Waals surface area contributed by atoms with Crippen LogP contribution in [0.4, 0.5) is 28.4 Å². The maximum absolute atomic E-state index is 2.65. The molecule has 0 saturated carbocycles. The maximum Gasteiger partial charge on any atom is 0.333 e. The molecule has 4 aliphatic rings. The standard InChI is InChI=1S/C54H35BN2/c1-34-30-43-42-32-37-16-5-6-17-38(37)33-50(42)57(39-28-26-36(27-29-39)35-14-3-2-4-15-35)55-48-24-13-23-47-53(48)56(51(31-34)52(43)55)49-25-12-11-22-46(49)54(47)44-20-9-7-18-40(44)41-19-8-10-21-45(41)54/h2-33H,1H3. The second-order valence-corrected chi connectivity index (χ2v) is 16.1. The Kier molecular flexibility index (Phi) is 6.14. The van der Waals surface area contributed by atoms with E-state index in [-0.39, 0.29) is 6.85 Å². The summed E-state index contributed by atoms with van der Waals surface area (Å²) in [5.74, 6) is 0. The summed E-state index contributed by atoms with van der Waals surface area (Å²) >= 11 is 0. The fourth-order valence-corrected chi connectivity index (χ4v) is 11.1. The molecule has 0 bridgehead atoms. The van der Waals surface area contributed by atoms with Crippen LogP contribution in [0.1, 0.15) is 27.8 Å². The molecule has 1 spiro atoms. The van der Waals surface area contributed by atoms with Gasteiger partial charge >= 0.3 is 6.85 Å². The molecule has 0 aromatic heterocycles. The lowest BCUT2D eigenvalue weighted by Gasteiger charge is -2.51. The summed E-state index contributed by atoms with van der Waals surface area (Å²) in [6.07, 6.45) is 0. The third-order valence-corrected chi connectivity index (χ3v) is 13.2. The van der Waals surface area contributed by atoms with Gasteiger partial charge in [0.05, 0.1) is 11.1 Å². The van der Waals surface area contributed by atoms with Crippen molar-refractivity contribution in [2.24, 2.45) is 0 Å². The molecule has 13 rings (SSSR count). The highest BCUT2D eigenvalue weighted by molar-refractivity contribution is 6.93. The summed E-state index contributed by atoms with van der Waals surface area (Å²) in [6.45, 7) is 2.20. The fraction of sp³-hybridized carbons (Fsp3) is 0.0370. The van der Waals surface area contributed by atoms with E-state index in [1.165, 1.54) is 111 Å². The molecule has 1 aliphatic carbocycles. The molecule has 0 radical (unpaired) electrons. The zero-order valence-electron chi connectivity index (χ0n) is 31.4. The quantitative estimate of drug-likeness (QED) is 0.164. The molecule has 3 aliphatic heterocycles. The molecule has 264 valence electrons. The summed E-state index contributed by atoms with van der Waals surface area (Å²) in [5.41, 5.74) is 22.8. The summed E-state index contributed by atoms with van der Waals surface area (Å²) in [6, 6.07) is 73.2. The average Bonchev–Trinajstić information content (AvgIpc) is 3.56. The van der Waals surface area contributed by atoms with Gasteiger partial charge < -0.3 is 9.71 Å². The van der Waals surface area contributed by atoms with Gasteiger partial charge in [-0.2, -0.15) is 0 Å². The minimum atomic E-state index is -0.472. The summed E-state index contributed by atoms with van der Waals surface area (Å²) < 4.78 is 0. The topological polar surface area (TPSA) is 6.48 Å². The van der Waals surface area contributed by atoms with Crippen LogP contribution in [0.3, 0.4) is 0 Å². The largest absolute Gasteiger partial charge is 0.376 e. The molecule has 57 heavy (non-hydrogen) atoms. The van der Waals surface area contributed by atoms with Crippen LogP contribution in [0, 0.1) is 6.92 Å². The van der Waals surface area contributed by atoms with E-state index in [0.29, 0.717) is 0 Å². The van der Waals surface area contributed by atoms with Crippen LogP contribution < -0.4 is 20.6 Å². The van der Waals surface area contributed by atoms with Gasteiger partial charge in [-0.25, -0.2) is 0 Å². The molecule has 0 atom stereocenters. The van der Waals surface area contributed by atoms with Crippen molar-refractivity contribution in [2.45, 2.75) is 12.3 Å². The molecule has 3 heteroatoms. The third kappa shape index (κ3) is 3.96. The van der Waals surface area contributed by atoms with Crippen LogP contribution >= 0.6 is 0 Å². The molecular formula is C54H35BN2. The van der Waals surface area contributed by atoms with Crippen molar-refractivity contribution in [3.63, 3.8) is 0 Å². The van der Waals surface area contributed by atoms with Crippen molar-refractivity contribution in [1.82, 2.24) is 0 Å². The van der Waals surface area contributed by atoms with Gasteiger partial charge in [-0.1, -0.05) is 158 Å². The molecule has 2 nitrogen and oxygen atoms in total. The van der Waals surface area contributed by atoms with Crippen molar-refractivity contribution in [1.29, 1.82) is 0 Å². The van der Waals surface area contributed by atoms with Crippen molar-refractivity contribution in [3.05, 3.63) is 222 Å². The van der Waals surface area contributed by atoms with Crippen LogP contribution in [-0.4, -0.2) is 6.85 Å². The number of hydrogen-bond acceptors (Lipinski definition) is 2. The first-order valence-corrected chi connectivity index (χ1v) is 20.0. The van der Waals surface area contributed by atoms with Gasteiger partial charge in [-0.3, -0.25) is 0 Å². The van der Waals surface area contributed by atoms with Crippen LogP contribution in [0.25, 0.3) is 44.2 Å². The van der Waals surface area contributed by atoms with E-state index in [2.05, 4.69) is 211 Å². The zero-order chi connectivity index (χ0) is 37.4. The summed E-state index contributed by atoms with van der Waals surface area (Å²) in [5, 5.41) is 2.50. The van der Waals surface area contributed by atoms with E-state index in [1.54, 1.807) is 0 Å². The van der Waals surface area contributed by atoms with E-state index < -0.39 is 5.41 Å². The van der Waals surface area contributed by atoms with Gasteiger partial charge in [0.15, 0.2) is 0 Å². The lowest BCUT2D eigenvalue weighted by molar-refractivity contribution is 0.753. The Labute approximate surface area is 333 Å². The molecule has 9 aromatic carbocycles. The first-order chi connectivity index (χ1) is 28.2. The van der Waals surface area contributed by atoms with E-state index >= 15 is 0 Å². The number of rotatable bonds is 2. The molecule has 0 unspecified atom stereocenters. The van der Waals surface area contributed by atoms with Gasteiger partial charge in [0.2, 0.25) is 0 Å². The Bertz CT molecular complexity index is 3120. The smallest absolute Gasteiger partial charge is 0.333 e. The van der Waals surface area contributed by atoms with Crippen LogP contribution in [0.5, 0.6) is 0 Å². The molecule has 0 saturated heterocycles. The van der Waals surface area contributed by atoms with Crippen molar-refractivity contribution in [3.8, 4) is 33.4 Å². The second-order valence-electron chi connectivity index (χ2n) is 16.1. The van der Waals surface area contributed by atoms with Gasteiger partial charge in [-0.15, -0.1) is 0 Å². The number of aryl methyl sites for hydroxylation is 1. The van der Waals surface area contributed by atoms with Gasteiger partial charge in [0.25, 0.3) is 0 Å². The van der Waals surface area contributed by atoms with E-state index in [1.807, 2.05) is 0 Å². The van der Waals surface area contributed by atoms with E-state index in [4.69, 9.17) is 0 Å². The van der Waals surface area contributed by atoms with Crippen LogP contribution in [0.2, 0.25) is 0 Å². The highest BCUT2D eigenvalue weighted by Crippen LogP contribution is 2.64. The Balaban J connectivity index is 1.15. The van der Waals surface area contributed by atoms with E-state index in [0.717, 1.165) is 0 Å². The summed E-state index contributed by atoms with van der Waals surface area (Å²) in [7, 11) is 0. The van der Waals surface area contributed by atoms with Crippen molar-refractivity contribution < 1.29 is 0 Å². The normalized spacial score (nSPS) is 14.4. The molecule has 3 heterocycles. The monoisotopic (exact) mass is 722 g/mol. The van der Waals surface area contributed by atoms with Crippen molar-refractivity contribution >= 4 is 57.0 Å². The molecular weight excluding hydrogens is 687 g/mol. The highest BCUT2D eigenvalue weighted by atomic mass is 15.2. The van der Waals surface area contributed by atoms with Gasteiger partial charge in [0.1, 0.15) is 0 Å². The third-order valence-electron chi connectivity index (χ3n) is 13.2. The van der Waals surface area contributed by atoms with Crippen molar-refractivity contribution in [2.75, 3.05) is 9.71 Å². The molecule has 0 amide bonds. The average molecular weight is 723 g/mol. The highest BCUT2D eigenvalue weighted by Gasteiger charge is 2.55. The second kappa shape index (κ2) is 11.2. The maximum atomic E-state index is 2.65. The Morgan fingerprint density at radius 2 is 1.04 bits per heavy atom. The number of anilines is 5. The van der Waals surface area contributed by atoms with Gasteiger partial charge in [0, 0.05) is 28.3 Å². The Morgan fingerprint density at radius 3 is 1.79 bits per heavy atom. The lowest BCUT2D eigenvalue weighted by atomic mass is 9.42. The van der Waals surface area contributed by atoms with Crippen LogP contribution in [0.15, 0.2) is 194 Å². The zero-order valence-corrected chi connectivity index (χ0v) is 31.4. The number of fused-ring (bicyclic) bond motifs is 14. The fourth-order valence-electron chi connectivity index (χ4n) is 11.1. The number of hydrogen-bond donors (Lipinski definition) is 0. The first-order valence-electron chi connectivity index (χ1n) is 20.0. The molecule has 0 N–H and O–H groups in total. The number of benzene rings is 9.